The van der Waals surface area contributed by atoms with Crippen molar-refractivity contribution in [1.82, 2.24) is 47.4 Å². The second-order valence-electron chi connectivity index (χ2n) is 26.8. The van der Waals surface area contributed by atoms with Crippen LogP contribution in [-0.4, -0.2) is 133 Å². The summed E-state index contributed by atoms with van der Waals surface area (Å²) in [7, 11) is 1.21. The van der Waals surface area contributed by atoms with Gasteiger partial charge in [-0.25, -0.2) is 4.79 Å². The van der Waals surface area contributed by atoms with Gasteiger partial charge < -0.3 is 96.9 Å². The number of halogens is 2. The normalized spacial score (nSPS) is 20.4. The van der Waals surface area contributed by atoms with Gasteiger partial charge in [-0.2, -0.15) is 0 Å². The fourth-order valence-electron chi connectivity index (χ4n) is 13.1. The van der Waals surface area contributed by atoms with Crippen LogP contribution in [0.25, 0.3) is 11.1 Å². The van der Waals surface area contributed by atoms with E-state index >= 15 is 28.8 Å². The number of aliphatic hydroxyl groups is 1. The number of hydrogen-bond acceptors (Lipinski definition) is 21. The number of amides is 10. The number of nitrogens with zero attached hydrogens (tertiary/aromatic N) is 1. The molecule has 17 bridgehead atoms. The molecule has 0 saturated carbocycles. The first-order valence-corrected chi connectivity index (χ1v) is 34.4. The number of imide groups is 1. The Labute approximate surface area is 623 Å². The highest BCUT2D eigenvalue weighted by molar-refractivity contribution is 6.32. The molecule has 0 unspecified atom stereocenters. The summed E-state index contributed by atoms with van der Waals surface area (Å²) in [5, 5.41) is 89.9. The van der Waals surface area contributed by atoms with Crippen LogP contribution in [0.2, 0.25) is 10.0 Å². The van der Waals surface area contributed by atoms with Gasteiger partial charge in [0.05, 0.1) is 27.8 Å². The highest BCUT2D eigenvalue weighted by atomic mass is 35.5. The minimum atomic E-state index is -2.23. The van der Waals surface area contributed by atoms with Crippen molar-refractivity contribution in [1.29, 1.82) is 0 Å². The Morgan fingerprint density at radius 1 is 0.546 bits per heavy atom. The maximum Gasteiger partial charge on any atom is 0.408 e. The number of carbonyl (C=O) groups excluding carboxylic acids is 10. The number of aromatic hydroxyl groups is 5. The molecule has 30 nitrogen and oxygen atoms in total. The first-order valence-electron chi connectivity index (χ1n) is 33.6. The van der Waals surface area contributed by atoms with Gasteiger partial charge >= 0.3 is 6.09 Å². The highest BCUT2D eigenvalue weighted by Crippen LogP contribution is 2.49. The molecule has 0 spiro atoms. The monoisotopic (exact) mass is 1510 g/mol. The lowest BCUT2D eigenvalue weighted by atomic mass is 9.89. The highest BCUT2D eigenvalue weighted by Gasteiger charge is 2.43. The number of hydrogen-bond donors (Lipinski definition) is 14. The summed E-state index contributed by atoms with van der Waals surface area (Å²) in [5.74, 6) is -14.5. The summed E-state index contributed by atoms with van der Waals surface area (Å²) >= 11 is 14.3. The van der Waals surface area contributed by atoms with E-state index < -0.39 is 148 Å². The topological polar surface area (TPSA) is 438 Å². The average molecular weight is 1510 g/mol. The molecule has 0 saturated heterocycles. The molecule has 0 fully saturated rings. The molecule has 0 aliphatic carbocycles. The van der Waals surface area contributed by atoms with E-state index in [0.29, 0.717) is 0 Å². The van der Waals surface area contributed by atoms with Crippen LogP contribution in [-0.2, 0) is 44.7 Å². The molecule has 32 heteroatoms. The van der Waals surface area contributed by atoms with Crippen LogP contribution >= 0.6 is 23.2 Å². The number of unbranched alkanes of at least 4 members (excludes halogenated alkanes) is 1. The van der Waals surface area contributed by atoms with Gasteiger partial charge in [-0.05, 0) is 164 Å². The molecule has 108 heavy (non-hydrogen) atoms. The van der Waals surface area contributed by atoms with Gasteiger partial charge in [0.1, 0.15) is 94.2 Å². The van der Waals surface area contributed by atoms with Crippen molar-refractivity contribution < 1.29 is 102 Å². The second-order valence-corrected chi connectivity index (χ2v) is 27.6. The molecule has 556 valence electrons. The first kappa shape index (κ1) is 73.5. The van der Waals surface area contributed by atoms with Gasteiger partial charge in [0, 0.05) is 43.3 Å². The molecule has 0 radical (unpaired) electrons. The molecule has 14 N–H and O–H groups in total. The largest absolute Gasteiger partial charge is 0.508 e. The first-order chi connectivity index (χ1) is 51.5. The molecular weight excluding hydrogens is 1450 g/mol. The maximum atomic E-state index is 16.3. The lowest BCUT2D eigenvalue weighted by Gasteiger charge is -2.31. The molecule has 15 rings (SSSR count). The smallest absolute Gasteiger partial charge is 0.408 e. The van der Waals surface area contributed by atoms with Gasteiger partial charge in [0.15, 0.2) is 23.0 Å². The molecule has 10 amide bonds. The fourth-order valence-corrected chi connectivity index (χ4v) is 13.5. The fraction of sp³-hybridized carbons (Fsp3) is 0.237. The SMILES string of the molecule is CNC(=O)[C@@H]1NC(=O)[C@H]2NC(=O)[C@H](NC(=O)[C@@H]3NC(=O)[C@H]4NC(=O)[C@@H](Cc5ccc(c(Cl)c5)Oc5cc3cc(c5OCCCCN3C(=O)c5ccccc5C3=O)Oc3ccc(cc3Cl)[C@H]2O)NC(=O)[C@@H](NC(=O)OC(C)(C)C)c2ccc(O)c(c2)Oc2cc(O)cc4c2)c2ccc(O)c(c2)-c2c(O)cc(O)cc21. The molecule has 8 aromatic carbocycles. The summed E-state index contributed by atoms with van der Waals surface area (Å²) in [4.78, 5) is 149. The molecule has 8 atom stereocenters. The molecule has 8 aromatic rings. The number of fused-ring (bicyclic) bond motifs is 15. The second kappa shape index (κ2) is 29.6. The van der Waals surface area contributed by atoms with Gasteiger partial charge in [0.2, 0.25) is 47.1 Å². The summed E-state index contributed by atoms with van der Waals surface area (Å²) in [5.41, 5.74) is -2.48. The molecule has 7 aliphatic rings. The van der Waals surface area contributed by atoms with Crippen molar-refractivity contribution in [3.8, 4) is 80.1 Å². The third-order valence-electron chi connectivity index (χ3n) is 18.2. The summed E-state index contributed by atoms with van der Waals surface area (Å²) < 4.78 is 31.7. The molecule has 0 aromatic heterocycles. The van der Waals surface area contributed by atoms with Gasteiger partial charge in [0.25, 0.3) is 11.8 Å². The number of nitrogens with one attached hydrogen (secondary N) is 8. The Morgan fingerprint density at radius 2 is 1.14 bits per heavy atom. The van der Waals surface area contributed by atoms with E-state index in [1.807, 2.05) is 0 Å². The summed E-state index contributed by atoms with van der Waals surface area (Å²) in [6.07, 6.45) is -3.36. The average Bonchev–Trinajstić information content (AvgIpc) is 1.11. The van der Waals surface area contributed by atoms with Gasteiger partial charge in [-0.1, -0.05) is 59.6 Å². The summed E-state index contributed by atoms with van der Waals surface area (Å²) in [6, 6.07) is 15.0. The van der Waals surface area contributed by atoms with E-state index in [9.17, 15) is 49.8 Å². The van der Waals surface area contributed by atoms with Crippen LogP contribution in [0.3, 0.4) is 0 Å². The zero-order valence-corrected chi connectivity index (χ0v) is 59.0. The van der Waals surface area contributed by atoms with Crippen molar-refractivity contribution in [2.45, 2.75) is 94.0 Å². The van der Waals surface area contributed by atoms with Crippen molar-refractivity contribution in [2.24, 2.45) is 0 Å². The Balaban J connectivity index is 1.01. The van der Waals surface area contributed by atoms with E-state index in [4.69, 9.17) is 46.9 Å². The van der Waals surface area contributed by atoms with Crippen LogP contribution < -0.4 is 61.5 Å². The van der Waals surface area contributed by atoms with Gasteiger partial charge in [-0.15, -0.1) is 0 Å². The maximum absolute atomic E-state index is 16.3. The molecule has 7 heterocycles. The Morgan fingerprint density at radius 3 is 1.80 bits per heavy atom. The zero-order valence-electron chi connectivity index (χ0n) is 57.4. The Bertz CT molecular complexity index is 5070. The third-order valence-corrected chi connectivity index (χ3v) is 18.8. The van der Waals surface area contributed by atoms with E-state index in [0.717, 1.165) is 53.4 Å². The lowest BCUT2D eigenvalue weighted by molar-refractivity contribution is -0.137. The lowest BCUT2D eigenvalue weighted by Crippen LogP contribution is -2.56. The van der Waals surface area contributed by atoms with Crippen molar-refractivity contribution in [3.63, 3.8) is 0 Å². The minimum absolute atomic E-state index is 0.0153. The van der Waals surface area contributed by atoms with E-state index in [2.05, 4.69) is 42.5 Å². The number of carbonyl (C=O) groups is 10. The van der Waals surface area contributed by atoms with Crippen molar-refractivity contribution in [2.75, 3.05) is 20.2 Å². The van der Waals surface area contributed by atoms with Gasteiger partial charge in [-0.3, -0.25) is 48.1 Å². The van der Waals surface area contributed by atoms with Crippen molar-refractivity contribution >= 4 is 82.5 Å². The number of alkyl carbamates (subject to hydrolysis) is 1. The zero-order chi connectivity index (χ0) is 76.9. The number of benzene rings is 8. The Kier molecular flexibility index (Phi) is 20.2. The van der Waals surface area contributed by atoms with E-state index in [-0.39, 0.29) is 137 Å². The van der Waals surface area contributed by atoms with Crippen molar-refractivity contribution in [3.05, 3.63) is 200 Å². The molecular formula is C76H67Cl2N9O21. The predicted molar refractivity (Wildman–Crippen MR) is 381 cm³/mol. The number of phenolic OH excluding ortho intramolecular Hbond substituents is 5. The number of likely N-dealkylation sites (N-methyl/N-ethyl adjacent to an activating group) is 1. The van der Waals surface area contributed by atoms with E-state index in [1.165, 1.54) is 73.8 Å². The van der Waals surface area contributed by atoms with Crippen LogP contribution in [0.4, 0.5) is 4.79 Å². The summed E-state index contributed by atoms with van der Waals surface area (Å²) in [6.45, 7) is 4.45. The Hall–Kier alpha value is -12.8. The van der Waals surface area contributed by atoms with E-state index in [1.54, 1.807) is 45.0 Å². The van der Waals surface area contributed by atoms with Crippen LogP contribution in [0.1, 0.15) is 130 Å². The number of ether oxygens (including phenoxy) is 5. The van der Waals surface area contributed by atoms with Crippen LogP contribution in [0.15, 0.2) is 140 Å². The minimum Gasteiger partial charge on any atom is -0.508 e. The van der Waals surface area contributed by atoms with Crippen LogP contribution in [0, 0.1) is 0 Å². The third kappa shape index (κ3) is 15.1. The standard InChI is InChI=1S/C76H67Cl2N9O21/c1-76(2,3)108-75(103)86-59-35-13-16-50(91)54(27-35)105-41-24-37(23-39(88)30-41)60-70(98)83-61-38-28-55(106-52-17-11-33(21-46(52)77)22-48(66(94)81-60)80-68(59)96)65(104-20-8-7-19-87-73(101)42-9-5-6-10-43(42)74(87)102)56(29-38)107-53-18-14-36(26-47(53)78)64(93)63-72(100)84-62(67(95)79-4)45-31-40(89)32-51(92)57(45)44-25-34(12-15-49(44)90)58(69(97)85-63)82-71(61)99/h5-6,9-18,21,23-32,48,58-64,88-93H,7-8,19-20,22H2,1-4H3,(H,79,95)(H,80,96)(H,81,94)(H,82,99)(H,83,98)(H,84,100)(H,85,97)(H,86,103)/t48-,58-,59+,60+,61-,62-,63+,64-/m1/s1. The number of aliphatic hydroxyl groups excluding tert-OH is 1. The number of rotatable bonds is 8. The quantitative estimate of drug-likeness (QED) is 0.0506. The van der Waals surface area contributed by atoms with Crippen LogP contribution in [0.5, 0.6) is 69.0 Å². The molecule has 7 aliphatic heterocycles. The number of phenols is 5. The predicted octanol–water partition coefficient (Wildman–Crippen LogP) is 7.96.